The van der Waals surface area contributed by atoms with Crippen molar-refractivity contribution in [3.63, 3.8) is 0 Å². The van der Waals surface area contributed by atoms with Gasteiger partial charge in [0.1, 0.15) is 0 Å². The van der Waals surface area contributed by atoms with Gasteiger partial charge in [-0.2, -0.15) is 0 Å². The van der Waals surface area contributed by atoms with E-state index in [0.717, 1.165) is 31.0 Å². The molecular formula is C22H31N3O4. The third kappa shape index (κ3) is 4.34. The molecule has 0 radical (unpaired) electrons. The Labute approximate surface area is 172 Å². The molecule has 158 valence electrons. The van der Waals surface area contributed by atoms with E-state index in [4.69, 9.17) is 9.47 Å². The van der Waals surface area contributed by atoms with Crippen molar-refractivity contribution < 1.29 is 19.1 Å². The largest absolute Gasteiger partial charge is 0.454 e. The van der Waals surface area contributed by atoms with E-state index in [0.29, 0.717) is 24.4 Å². The van der Waals surface area contributed by atoms with Crippen LogP contribution in [0.1, 0.15) is 45.1 Å². The third-order valence-electron chi connectivity index (χ3n) is 6.72. The molecule has 3 unspecified atom stereocenters. The Morgan fingerprint density at radius 1 is 1.17 bits per heavy atom. The Hall–Kier alpha value is -2.28. The third-order valence-corrected chi connectivity index (χ3v) is 6.72. The van der Waals surface area contributed by atoms with Gasteiger partial charge in [0.2, 0.25) is 12.7 Å². The normalized spacial score (nSPS) is 26.3. The van der Waals surface area contributed by atoms with Crippen LogP contribution in [0, 0.1) is 11.8 Å². The van der Waals surface area contributed by atoms with Gasteiger partial charge in [-0.1, -0.05) is 32.8 Å². The number of nitrogens with zero attached hydrogens (tertiary/aromatic N) is 2. The summed E-state index contributed by atoms with van der Waals surface area (Å²) in [7, 11) is 0. The maximum Gasteiger partial charge on any atom is 0.324 e. The molecule has 1 saturated heterocycles. The topological polar surface area (TPSA) is 71.1 Å². The summed E-state index contributed by atoms with van der Waals surface area (Å²) in [6.45, 7) is 7.27. The lowest BCUT2D eigenvalue weighted by Gasteiger charge is -2.42. The minimum Gasteiger partial charge on any atom is -0.454 e. The minimum absolute atomic E-state index is 0.122. The number of rotatable bonds is 7. The Morgan fingerprint density at radius 3 is 2.79 bits per heavy atom. The highest BCUT2D eigenvalue weighted by Crippen LogP contribution is 2.36. The van der Waals surface area contributed by atoms with Gasteiger partial charge >= 0.3 is 6.03 Å². The molecule has 0 aromatic heterocycles. The average Bonchev–Trinajstić information content (AvgIpc) is 3.30. The zero-order chi connectivity index (χ0) is 20.4. The first-order valence-electron chi connectivity index (χ1n) is 10.7. The van der Waals surface area contributed by atoms with Crippen LogP contribution in [0.3, 0.4) is 0 Å². The molecule has 29 heavy (non-hydrogen) atoms. The van der Waals surface area contributed by atoms with Crippen LogP contribution < -0.4 is 14.8 Å². The molecule has 2 fully saturated rings. The molecule has 0 spiro atoms. The van der Waals surface area contributed by atoms with Gasteiger partial charge in [0, 0.05) is 25.7 Å². The monoisotopic (exact) mass is 401 g/mol. The number of hydrogen-bond donors (Lipinski definition) is 1. The molecule has 2 heterocycles. The van der Waals surface area contributed by atoms with Crippen LogP contribution >= 0.6 is 0 Å². The van der Waals surface area contributed by atoms with Crippen molar-refractivity contribution in [3.8, 4) is 11.5 Å². The number of carbonyl (C=O) groups is 2. The SMILES string of the molecule is CC1CCCC(N(CCCN2C(=O)CNC2=O)Cc2ccc3c(c2)OCO3)C1C. The number of urea groups is 1. The van der Waals surface area contributed by atoms with E-state index in [1.54, 1.807) is 0 Å². The van der Waals surface area contributed by atoms with Gasteiger partial charge in [0.15, 0.2) is 11.5 Å². The number of benzene rings is 1. The number of ether oxygens (including phenoxy) is 2. The average molecular weight is 402 g/mol. The van der Waals surface area contributed by atoms with E-state index in [1.807, 2.05) is 6.07 Å². The van der Waals surface area contributed by atoms with Crippen molar-refractivity contribution in [1.29, 1.82) is 0 Å². The maximum absolute atomic E-state index is 11.9. The van der Waals surface area contributed by atoms with E-state index in [2.05, 4.69) is 36.2 Å². The van der Waals surface area contributed by atoms with Crippen molar-refractivity contribution in [2.75, 3.05) is 26.4 Å². The van der Waals surface area contributed by atoms with Crippen molar-refractivity contribution in [3.05, 3.63) is 23.8 Å². The number of imide groups is 1. The molecule has 1 aliphatic carbocycles. The summed E-state index contributed by atoms with van der Waals surface area (Å²) < 4.78 is 11.0. The Kier molecular flexibility index (Phi) is 5.94. The summed E-state index contributed by atoms with van der Waals surface area (Å²) in [6, 6.07) is 6.40. The predicted molar refractivity (Wildman–Crippen MR) is 109 cm³/mol. The highest BCUT2D eigenvalue weighted by atomic mass is 16.7. The second-order valence-corrected chi connectivity index (χ2v) is 8.55. The van der Waals surface area contributed by atoms with Gasteiger partial charge in [0.05, 0.1) is 6.54 Å². The van der Waals surface area contributed by atoms with Crippen LogP contribution in [0.25, 0.3) is 0 Å². The second kappa shape index (κ2) is 8.61. The van der Waals surface area contributed by atoms with Crippen LogP contribution in [-0.4, -0.2) is 54.2 Å². The summed E-state index contributed by atoms with van der Waals surface area (Å²) >= 11 is 0. The van der Waals surface area contributed by atoms with Crippen molar-refractivity contribution in [1.82, 2.24) is 15.1 Å². The Balaban J connectivity index is 1.45. The van der Waals surface area contributed by atoms with Crippen LogP contribution in [0.4, 0.5) is 4.79 Å². The summed E-state index contributed by atoms with van der Waals surface area (Å²) in [4.78, 5) is 27.5. The number of fused-ring (bicyclic) bond motifs is 1. The van der Waals surface area contributed by atoms with Crippen molar-refractivity contribution in [2.24, 2.45) is 11.8 Å². The van der Waals surface area contributed by atoms with Crippen LogP contribution in [0.2, 0.25) is 0 Å². The number of nitrogens with one attached hydrogen (secondary N) is 1. The molecule has 1 aromatic rings. The van der Waals surface area contributed by atoms with Crippen LogP contribution in [0.5, 0.6) is 11.5 Å². The van der Waals surface area contributed by atoms with Gasteiger partial charge in [-0.25, -0.2) is 4.79 Å². The molecule has 3 atom stereocenters. The molecule has 2 aliphatic heterocycles. The summed E-state index contributed by atoms with van der Waals surface area (Å²) in [5.74, 6) is 2.82. The van der Waals surface area contributed by atoms with E-state index in [-0.39, 0.29) is 25.3 Å². The number of hydrogen-bond acceptors (Lipinski definition) is 5. The molecule has 7 heteroatoms. The molecule has 4 rings (SSSR count). The summed E-state index contributed by atoms with van der Waals surface area (Å²) in [5, 5.41) is 2.60. The highest BCUT2D eigenvalue weighted by Gasteiger charge is 2.32. The lowest BCUT2D eigenvalue weighted by Crippen LogP contribution is -2.45. The smallest absolute Gasteiger partial charge is 0.324 e. The number of carbonyl (C=O) groups excluding carboxylic acids is 2. The Morgan fingerprint density at radius 2 is 2.00 bits per heavy atom. The quantitative estimate of drug-likeness (QED) is 0.711. The van der Waals surface area contributed by atoms with Gasteiger partial charge in [-0.15, -0.1) is 0 Å². The first-order valence-corrected chi connectivity index (χ1v) is 10.7. The first-order chi connectivity index (χ1) is 14.0. The molecule has 1 N–H and O–H groups in total. The molecule has 3 amide bonds. The fourth-order valence-electron chi connectivity index (χ4n) is 4.82. The zero-order valence-corrected chi connectivity index (χ0v) is 17.4. The van der Waals surface area contributed by atoms with Crippen molar-refractivity contribution >= 4 is 11.9 Å². The second-order valence-electron chi connectivity index (χ2n) is 8.55. The van der Waals surface area contributed by atoms with Gasteiger partial charge in [0.25, 0.3) is 0 Å². The summed E-state index contributed by atoms with van der Waals surface area (Å²) in [6.07, 6.45) is 4.51. The Bertz CT molecular complexity index is 752. The lowest BCUT2D eigenvalue weighted by molar-refractivity contribution is -0.125. The fourth-order valence-corrected chi connectivity index (χ4v) is 4.82. The van der Waals surface area contributed by atoms with E-state index < -0.39 is 0 Å². The molecule has 1 saturated carbocycles. The molecular weight excluding hydrogens is 370 g/mol. The van der Waals surface area contributed by atoms with Gasteiger partial charge < -0.3 is 14.8 Å². The minimum atomic E-state index is -0.267. The van der Waals surface area contributed by atoms with Gasteiger partial charge in [-0.05, 0) is 42.4 Å². The lowest BCUT2D eigenvalue weighted by atomic mass is 9.77. The molecule has 3 aliphatic rings. The predicted octanol–water partition coefficient (Wildman–Crippen LogP) is 2.98. The van der Waals surface area contributed by atoms with E-state index in [9.17, 15) is 9.59 Å². The van der Waals surface area contributed by atoms with Gasteiger partial charge in [-0.3, -0.25) is 14.6 Å². The number of amides is 3. The van der Waals surface area contributed by atoms with Crippen molar-refractivity contribution in [2.45, 2.75) is 52.1 Å². The first kappa shape index (κ1) is 20.0. The highest BCUT2D eigenvalue weighted by molar-refractivity contribution is 6.01. The molecule has 1 aromatic carbocycles. The zero-order valence-electron chi connectivity index (χ0n) is 17.4. The van der Waals surface area contributed by atoms with E-state index >= 15 is 0 Å². The maximum atomic E-state index is 11.9. The molecule has 7 nitrogen and oxygen atoms in total. The summed E-state index contributed by atoms with van der Waals surface area (Å²) in [5.41, 5.74) is 1.20. The van der Waals surface area contributed by atoms with Crippen LogP contribution in [0.15, 0.2) is 18.2 Å². The van der Waals surface area contributed by atoms with Crippen LogP contribution in [-0.2, 0) is 11.3 Å². The molecule has 0 bridgehead atoms. The van der Waals surface area contributed by atoms with E-state index in [1.165, 1.54) is 29.7 Å². The standard InChI is InChI=1S/C22H31N3O4/c1-15-5-3-6-18(16(15)2)24(9-4-10-25-21(26)12-23-22(25)27)13-17-7-8-19-20(11-17)29-14-28-19/h7-8,11,15-16,18H,3-6,9-10,12-14H2,1-2H3,(H,23,27). The fraction of sp³-hybridized carbons (Fsp3) is 0.636.